The van der Waals surface area contributed by atoms with Crippen molar-refractivity contribution in [1.82, 2.24) is 4.72 Å². The Morgan fingerprint density at radius 1 is 1.15 bits per heavy atom. The van der Waals surface area contributed by atoms with Crippen LogP contribution >= 0.6 is 0 Å². The second-order valence-corrected chi connectivity index (χ2v) is 6.03. The van der Waals surface area contributed by atoms with Gasteiger partial charge in [0.25, 0.3) is 0 Å². The van der Waals surface area contributed by atoms with Crippen molar-refractivity contribution in [3.8, 4) is 0 Å². The lowest BCUT2D eigenvalue weighted by Gasteiger charge is -2.39. The van der Waals surface area contributed by atoms with Gasteiger partial charge in [-0.15, -0.1) is 0 Å². The Morgan fingerprint density at radius 2 is 1.80 bits per heavy atom. The molecular formula is C6H13NO11S2. The predicted octanol–water partition coefficient (Wildman–Crippen LogP) is -3.99. The molecule has 6 N–H and O–H groups in total. The molecule has 1 unspecified atom stereocenters. The third-order valence-corrected chi connectivity index (χ3v) is 3.36. The van der Waals surface area contributed by atoms with Crippen molar-refractivity contribution >= 4 is 20.7 Å². The Hall–Kier alpha value is -0.420. The first-order valence-electron chi connectivity index (χ1n) is 5.75. The van der Waals surface area contributed by atoms with Crippen LogP contribution in [-0.4, -0.2) is 78.5 Å². The van der Waals surface area contributed by atoms with Gasteiger partial charge in [0.2, 0.25) is 2.86 Å². The van der Waals surface area contributed by atoms with Crippen LogP contribution in [0.2, 0.25) is 0 Å². The topological polar surface area (TPSA) is 200 Å². The second-order valence-electron chi connectivity index (χ2n) is 3.84. The summed E-state index contributed by atoms with van der Waals surface area (Å²) in [7, 11) is -9.30. The smallest absolute Gasteiger partial charge is 0.388 e. The largest absolute Gasteiger partial charge is 0.397 e. The van der Waals surface area contributed by atoms with Crippen LogP contribution in [0, 0.1) is 0 Å². The van der Waals surface area contributed by atoms with E-state index in [4.69, 9.17) is 7.60 Å². The summed E-state index contributed by atoms with van der Waals surface area (Å²) in [4.78, 5) is 0. The van der Waals surface area contributed by atoms with E-state index < -0.39 is 58.0 Å². The van der Waals surface area contributed by atoms with Crippen LogP contribution in [0.1, 0.15) is 0 Å². The van der Waals surface area contributed by atoms with Crippen molar-refractivity contribution in [2.75, 3.05) is 6.61 Å². The fourth-order valence-corrected chi connectivity index (χ4v) is 2.42. The molecule has 0 aromatic heterocycles. The maximum absolute atomic E-state index is 11.0. The van der Waals surface area contributed by atoms with Crippen LogP contribution in [0.15, 0.2) is 0 Å². The standard InChI is InChI=1S/C6H13NO11S2/c8-4-2(1-17-20(14,15)16)18-6(10)3(5(4)9)7-19(11,12)13/h2-10H,1H2,(H,11,12,13)(H,14,15,16)/t2-,3-,4-,5-,6?/m1/s1/i/hD2. The Morgan fingerprint density at radius 3 is 2.35 bits per heavy atom. The van der Waals surface area contributed by atoms with Crippen molar-refractivity contribution in [1.29, 1.82) is 2.86 Å². The first kappa shape index (κ1) is 14.5. The van der Waals surface area contributed by atoms with Gasteiger partial charge in [0.15, 0.2) is 6.29 Å². The van der Waals surface area contributed by atoms with E-state index in [-0.39, 0.29) is 0 Å². The maximum atomic E-state index is 11.0. The molecule has 0 radical (unpaired) electrons. The fraction of sp³-hybridized carbons (Fsp3) is 1.00. The number of hydrogen-bond donors (Lipinski definition) is 6. The van der Waals surface area contributed by atoms with Gasteiger partial charge in [-0.25, -0.2) is 4.18 Å². The summed E-state index contributed by atoms with van der Waals surface area (Å²) < 4.78 is 72.9. The Bertz CT molecular complexity index is 565. The molecule has 0 amide bonds. The molecule has 1 aliphatic heterocycles. The Balaban J connectivity index is 2.76. The molecule has 12 nitrogen and oxygen atoms in total. The lowest BCUT2D eigenvalue weighted by atomic mass is 9.98. The number of aliphatic hydroxyl groups excluding tert-OH is 3. The molecular weight excluding hydrogens is 326 g/mol. The lowest BCUT2D eigenvalue weighted by Crippen LogP contribution is -2.64. The average Bonchev–Trinajstić information content (AvgIpc) is 2.46. The Kier molecular flexibility index (Phi) is 4.46. The summed E-state index contributed by atoms with van der Waals surface area (Å²) >= 11 is 0. The van der Waals surface area contributed by atoms with E-state index in [0.29, 0.717) is 0 Å². The van der Waals surface area contributed by atoms with E-state index in [9.17, 15) is 32.2 Å². The van der Waals surface area contributed by atoms with Crippen molar-refractivity contribution in [3.05, 3.63) is 0 Å². The highest BCUT2D eigenvalue weighted by Gasteiger charge is 2.45. The predicted molar refractivity (Wildman–Crippen MR) is 58.9 cm³/mol. The number of nitrogens with one attached hydrogen (secondary N) is 1. The molecule has 0 aromatic carbocycles. The van der Waals surface area contributed by atoms with E-state index in [1.165, 1.54) is 0 Å². The molecule has 1 fully saturated rings. The quantitative estimate of drug-likeness (QED) is 0.246. The zero-order valence-electron chi connectivity index (χ0n) is 11.5. The highest BCUT2D eigenvalue weighted by Crippen LogP contribution is 2.21. The molecule has 0 spiro atoms. The van der Waals surface area contributed by atoms with Crippen molar-refractivity contribution < 1.29 is 50.2 Å². The van der Waals surface area contributed by atoms with Gasteiger partial charge < -0.3 is 20.1 Å². The average molecular weight is 341 g/mol. The fourth-order valence-electron chi connectivity index (χ4n) is 1.53. The molecule has 14 heteroatoms. The molecule has 0 aliphatic carbocycles. The van der Waals surface area contributed by atoms with Crippen LogP contribution in [0.3, 0.4) is 0 Å². The van der Waals surface area contributed by atoms with Gasteiger partial charge >= 0.3 is 20.7 Å². The van der Waals surface area contributed by atoms with Crippen LogP contribution in [-0.2, 0) is 29.6 Å². The minimum atomic E-state index is -4.67. The SMILES string of the molecule is [2H]OS(=O)(=O)N[C@H]1C(O)O[C@H](COS(=O)(=O)O[2H])[C@@H](O)[C@@H]1O. The van der Waals surface area contributed by atoms with Crippen molar-refractivity contribution in [2.24, 2.45) is 0 Å². The molecule has 1 heterocycles. The maximum Gasteiger partial charge on any atom is 0.397 e. The van der Waals surface area contributed by atoms with E-state index in [1.807, 2.05) is 0 Å². The van der Waals surface area contributed by atoms with Gasteiger partial charge in [0.1, 0.15) is 24.4 Å². The minimum absolute atomic E-state index is 0.926. The molecule has 20 heavy (non-hydrogen) atoms. The number of hydrogen-bond acceptors (Lipinski definition) is 11. The molecule has 120 valence electrons. The normalized spacial score (nSPS) is 37.2. The van der Waals surface area contributed by atoms with E-state index in [0.717, 1.165) is 0 Å². The number of rotatable bonds is 7. The lowest BCUT2D eigenvalue weighted by molar-refractivity contribution is -0.250. The number of aliphatic hydroxyl groups is 3. The van der Waals surface area contributed by atoms with Crippen molar-refractivity contribution in [3.63, 3.8) is 0 Å². The molecule has 0 saturated carbocycles. The highest BCUT2D eigenvalue weighted by molar-refractivity contribution is 7.83. The van der Waals surface area contributed by atoms with E-state index in [1.54, 1.807) is 4.72 Å². The monoisotopic (exact) mass is 341 g/mol. The van der Waals surface area contributed by atoms with Crippen LogP contribution in [0.4, 0.5) is 0 Å². The zero-order chi connectivity index (χ0) is 17.1. The van der Waals surface area contributed by atoms with Gasteiger partial charge in [0.05, 0.1) is 6.61 Å². The van der Waals surface area contributed by atoms with Gasteiger partial charge in [-0.2, -0.15) is 21.6 Å². The van der Waals surface area contributed by atoms with E-state index in [2.05, 4.69) is 13.3 Å². The molecule has 1 aliphatic rings. The molecule has 5 atom stereocenters. The Labute approximate surface area is 116 Å². The summed E-state index contributed by atoms with van der Waals surface area (Å²) in [6.07, 6.45) is -7.41. The number of ether oxygens (including phenoxy) is 1. The highest BCUT2D eigenvalue weighted by atomic mass is 32.3. The summed E-state index contributed by atoms with van der Waals surface area (Å²) in [5, 5.41) is 29.0. The summed E-state index contributed by atoms with van der Waals surface area (Å²) in [5.41, 5.74) is 0. The molecule has 0 aromatic rings. The minimum Gasteiger partial charge on any atom is -0.388 e. The van der Waals surface area contributed by atoms with Gasteiger partial charge in [-0.05, 0) is 0 Å². The molecule has 1 saturated heterocycles. The van der Waals surface area contributed by atoms with Crippen LogP contribution in [0.25, 0.3) is 2.86 Å². The molecule has 0 bridgehead atoms. The van der Waals surface area contributed by atoms with Gasteiger partial charge in [-0.3, -0.25) is 9.11 Å². The van der Waals surface area contributed by atoms with Crippen LogP contribution < -0.4 is 4.72 Å². The second kappa shape index (κ2) is 6.14. The third kappa shape index (κ3) is 5.17. The summed E-state index contributed by atoms with van der Waals surface area (Å²) in [6.45, 7) is -0.926. The molecule has 1 rings (SSSR count). The van der Waals surface area contributed by atoms with Gasteiger partial charge in [0, 0.05) is 0 Å². The zero-order valence-corrected chi connectivity index (χ0v) is 11.2. The third-order valence-electron chi connectivity index (χ3n) is 2.38. The van der Waals surface area contributed by atoms with Gasteiger partial charge in [-0.1, -0.05) is 0 Å². The summed E-state index contributed by atoms with van der Waals surface area (Å²) in [6, 6.07) is -1.79. The first-order valence-corrected chi connectivity index (χ1v) is 7.68. The summed E-state index contributed by atoms with van der Waals surface area (Å²) in [5.74, 6) is 0. The van der Waals surface area contributed by atoms with E-state index >= 15 is 0 Å². The van der Waals surface area contributed by atoms with Crippen molar-refractivity contribution in [2.45, 2.75) is 30.6 Å². The van der Waals surface area contributed by atoms with Crippen LogP contribution in [0.5, 0.6) is 0 Å². The first-order chi connectivity index (χ1) is 10.0.